The first-order valence-corrected chi connectivity index (χ1v) is 7.02. The lowest BCUT2D eigenvalue weighted by Crippen LogP contribution is -2.43. The van der Waals surface area contributed by atoms with Crippen LogP contribution in [0.1, 0.15) is 6.92 Å². The number of carbonyl (C=O) groups is 2. The van der Waals surface area contributed by atoms with Gasteiger partial charge in [-0.1, -0.05) is 0 Å². The van der Waals surface area contributed by atoms with Gasteiger partial charge in [0, 0.05) is 6.07 Å². The second-order valence-electron chi connectivity index (χ2n) is 3.94. The van der Waals surface area contributed by atoms with E-state index in [4.69, 9.17) is 16.2 Å². The average Bonchev–Trinajstić information content (AvgIpc) is 2.37. The molecule has 0 aliphatic carbocycles. The molecule has 0 saturated heterocycles. The van der Waals surface area contributed by atoms with E-state index in [2.05, 4.69) is 0 Å². The van der Waals surface area contributed by atoms with E-state index in [-0.39, 0.29) is 16.3 Å². The van der Waals surface area contributed by atoms with Gasteiger partial charge in [-0.25, -0.2) is 13.2 Å². The quantitative estimate of drug-likeness (QED) is 0.648. The molecule has 3 amide bonds. The van der Waals surface area contributed by atoms with Gasteiger partial charge >= 0.3 is 6.03 Å². The minimum absolute atomic E-state index is 0.0236. The largest absolute Gasteiger partial charge is 0.497 e. The van der Waals surface area contributed by atoms with Gasteiger partial charge in [-0.3, -0.25) is 10.1 Å². The Kier molecular flexibility index (Phi) is 4.56. The maximum atomic E-state index is 12.3. The zero-order chi connectivity index (χ0) is 15.5. The molecule has 1 aromatic carbocycles. The van der Waals surface area contributed by atoms with E-state index >= 15 is 0 Å². The van der Waals surface area contributed by atoms with E-state index in [1.54, 1.807) is 5.32 Å². The third-order valence-electron chi connectivity index (χ3n) is 2.61. The Morgan fingerprint density at radius 2 is 1.95 bits per heavy atom. The van der Waals surface area contributed by atoms with Gasteiger partial charge in [-0.2, -0.15) is 0 Å². The Morgan fingerprint density at radius 3 is 2.45 bits per heavy atom. The summed E-state index contributed by atoms with van der Waals surface area (Å²) in [7, 11) is -2.71. The fourth-order valence-corrected chi connectivity index (χ4v) is 2.84. The lowest BCUT2D eigenvalue weighted by atomic mass is 10.3. The van der Waals surface area contributed by atoms with Gasteiger partial charge in [0.1, 0.15) is 11.0 Å². The summed E-state index contributed by atoms with van der Waals surface area (Å²) in [5, 5.41) is 0.191. The number of carbonyl (C=O) groups excluding carboxylic acids is 2. The van der Waals surface area contributed by atoms with Crippen molar-refractivity contribution in [2.24, 2.45) is 5.73 Å². The molecule has 1 rings (SSSR count). The number of amides is 3. The molecule has 20 heavy (non-hydrogen) atoms. The number of hydrogen-bond donors (Lipinski definition) is 3. The lowest BCUT2D eigenvalue weighted by Gasteiger charge is -2.14. The SMILES string of the molecule is COc1ccc(N)c(S(=O)(=O)C(C)C(=O)NC(N)=O)c1. The van der Waals surface area contributed by atoms with Crippen LogP contribution in [0, 0.1) is 0 Å². The molecule has 5 N–H and O–H groups in total. The zero-order valence-electron chi connectivity index (χ0n) is 10.9. The molecule has 0 bridgehead atoms. The maximum absolute atomic E-state index is 12.3. The number of anilines is 1. The molecule has 0 aliphatic heterocycles. The van der Waals surface area contributed by atoms with E-state index in [9.17, 15) is 18.0 Å². The first-order valence-electron chi connectivity index (χ1n) is 5.48. The maximum Gasteiger partial charge on any atom is 0.318 e. The molecule has 0 aromatic heterocycles. The highest BCUT2D eigenvalue weighted by Crippen LogP contribution is 2.27. The number of ether oxygens (including phenoxy) is 1. The number of nitrogens with two attached hydrogens (primary N) is 2. The van der Waals surface area contributed by atoms with Crippen LogP contribution in [0.15, 0.2) is 23.1 Å². The summed E-state index contributed by atoms with van der Waals surface area (Å²) < 4.78 is 29.5. The van der Waals surface area contributed by atoms with Gasteiger partial charge in [0.2, 0.25) is 5.91 Å². The number of urea groups is 1. The van der Waals surface area contributed by atoms with Gasteiger partial charge in [0.15, 0.2) is 9.84 Å². The lowest BCUT2D eigenvalue weighted by molar-refractivity contribution is -0.119. The van der Waals surface area contributed by atoms with Gasteiger partial charge in [-0.05, 0) is 19.1 Å². The normalized spacial score (nSPS) is 12.5. The Bertz CT molecular complexity index is 641. The van der Waals surface area contributed by atoms with Crippen LogP contribution >= 0.6 is 0 Å². The Morgan fingerprint density at radius 1 is 1.35 bits per heavy atom. The first-order chi connectivity index (χ1) is 9.20. The predicted molar refractivity (Wildman–Crippen MR) is 71.8 cm³/mol. The summed E-state index contributed by atoms with van der Waals surface area (Å²) in [6.45, 7) is 1.13. The summed E-state index contributed by atoms with van der Waals surface area (Å²) >= 11 is 0. The van der Waals surface area contributed by atoms with Crippen molar-refractivity contribution >= 4 is 27.5 Å². The number of methoxy groups -OCH3 is 1. The Labute approximate surface area is 116 Å². The van der Waals surface area contributed by atoms with Crippen molar-refractivity contribution in [3.8, 4) is 5.75 Å². The molecule has 1 atom stereocenters. The molecule has 0 aliphatic rings. The van der Waals surface area contributed by atoms with Crippen LogP contribution in [0.2, 0.25) is 0 Å². The molecule has 8 nitrogen and oxygen atoms in total. The molecule has 0 saturated carbocycles. The fourth-order valence-electron chi connectivity index (χ4n) is 1.44. The zero-order valence-corrected chi connectivity index (χ0v) is 11.7. The van der Waals surface area contributed by atoms with Crippen molar-refractivity contribution in [1.82, 2.24) is 5.32 Å². The molecule has 110 valence electrons. The molecular formula is C11H15N3O5S. The van der Waals surface area contributed by atoms with Crippen molar-refractivity contribution in [2.45, 2.75) is 17.1 Å². The number of primary amides is 1. The second-order valence-corrected chi connectivity index (χ2v) is 6.18. The third-order valence-corrected chi connectivity index (χ3v) is 4.72. The van der Waals surface area contributed by atoms with Gasteiger partial charge in [0.05, 0.1) is 17.7 Å². The topological polar surface area (TPSA) is 142 Å². The second kappa shape index (κ2) is 5.78. The number of nitrogens with one attached hydrogen (secondary N) is 1. The molecule has 1 unspecified atom stereocenters. The van der Waals surface area contributed by atoms with E-state index in [0.29, 0.717) is 0 Å². The Hall–Kier alpha value is -2.29. The molecule has 1 aromatic rings. The fraction of sp³-hybridized carbons (Fsp3) is 0.273. The monoisotopic (exact) mass is 301 g/mol. The molecule has 0 fully saturated rings. The highest BCUT2D eigenvalue weighted by molar-refractivity contribution is 7.93. The van der Waals surface area contributed by atoms with Crippen molar-refractivity contribution in [1.29, 1.82) is 0 Å². The molecule has 0 spiro atoms. The van der Waals surface area contributed by atoms with Gasteiger partial charge < -0.3 is 16.2 Å². The minimum Gasteiger partial charge on any atom is -0.497 e. The van der Waals surface area contributed by atoms with Crippen LogP contribution in [0.25, 0.3) is 0 Å². The number of imide groups is 1. The van der Waals surface area contributed by atoms with Crippen molar-refractivity contribution in [3.63, 3.8) is 0 Å². The number of benzene rings is 1. The number of rotatable bonds is 4. The van der Waals surface area contributed by atoms with Crippen molar-refractivity contribution in [2.75, 3.05) is 12.8 Å². The average molecular weight is 301 g/mol. The summed E-state index contributed by atoms with van der Waals surface area (Å²) in [6, 6.07) is 2.92. The van der Waals surface area contributed by atoms with E-state index in [0.717, 1.165) is 6.92 Å². The van der Waals surface area contributed by atoms with Crippen LogP contribution in [0.5, 0.6) is 5.75 Å². The number of hydrogen-bond acceptors (Lipinski definition) is 6. The summed E-state index contributed by atoms with van der Waals surface area (Å²) in [5.41, 5.74) is 10.4. The summed E-state index contributed by atoms with van der Waals surface area (Å²) in [5.74, 6) is -0.750. The number of sulfone groups is 1. The predicted octanol–water partition coefficient (Wildman–Crippen LogP) is -0.365. The van der Waals surface area contributed by atoms with Gasteiger partial charge in [-0.15, -0.1) is 0 Å². The molecule has 9 heteroatoms. The van der Waals surface area contributed by atoms with E-state index in [1.165, 1.54) is 25.3 Å². The van der Waals surface area contributed by atoms with Crippen LogP contribution in [-0.4, -0.2) is 32.7 Å². The van der Waals surface area contributed by atoms with E-state index < -0.39 is 27.0 Å². The smallest absolute Gasteiger partial charge is 0.318 e. The highest BCUT2D eigenvalue weighted by atomic mass is 32.2. The minimum atomic E-state index is -4.07. The standard InChI is InChI=1S/C11H15N3O5S/c1-6(10(15)14-11(13)16)20(17,18)9-5-7(19-2)3-4-8(9)12/h3-6H,12H2,1-2H3,(H3,13,14,15,16). The summed E-state index contributed by atoms with van der Waals surface area (Å²) in [4.78, 5) is 21.9. The third kappa shape index (κ3) is 3.18. The Balaban J connectivity index is 3.22. The number of nitrogen functional groups attached to an aromatic ring is 1. The van der Waals surface area contributed by atoms with Crippen molar-refractivity contribution < 1.29 is 22.7 Å². The van der Waals surface area contributed by atoms with Crippen LogP contribution < -0.4 is 21.5 Å². The molecular weight excluding hydrogens is 286 g/mol. The molecule has 0 radical (unpaired) electrons. The van der Waals surface area contributed by atoms with Crippen LogP contribution in [-0.2, 0) is 14.6 Å². The summed E-state index contributed by atoms with van der Waals surface area (Å²) in [6.07, 6.45) is 0. The van der Waals surface area contributed by atoms with Crippen LogP contribution in [0.3, 0.4) is 0 Å². The first kappa shape index (κ1) is 15.8. The van der Waals surface area contributed by atoms with Gasteiger partial charge in [0.25, 0.3) is 0 Å². The van der Waals surface area contributed by atoms with E-state index in [1.807, 2.05) is 0 Å². The highest BCUT2D eigenvalue weighted by Gasteiger charge is 2.32. The van der Waals surface area contributed by atoms with Crippen molar-refractivity contribution in [3.05, 3.63) is 18.2 Å². The molecule has 0 heterocycles. The van der Waals surface area contributed by atoms with Crippen LogP contribution in [0.4, 0.5) is 10.5 Å².